The Morgan fingerprint density at radius 3 is 2.53 bits per heavy atom. The van der Waals surface area contributed by atoms with E-state index in [0.29, 0.717) is 0 Å². The molecule has 90 valence electrons. The highest BCUT2D eigenvalue weighted by Crippen LogP contribution is 2.21. The Morgan fingerprint density at radius 1 is 1.29 bits per heavy atom. The van der Waals surface area contributed by atoms with Crippen LogP contribution in [0.4, 0.5) is 4.39 Å². The molecule has 4 heteroatoms. The summed E-state index contributed by atoms with van der Waals surface area (Å²) in [6.07, 6.45) is 3.80. The molecule has 1 atom stereocenters. The van der Waals surface area contributed by atoms with E-state index in [1.54, 1.807) is 16.8 Å². The minimum atomic E-state index is -0.213. The van der Waals surface area contributed by atoms with Crippen molar-refractivity contribution in [2.45, 2.75) is 13.0 Å². The van der Waals surface area contributed by atoms with Crippen LogP contribution in [-0.2, 0) is 7.05 Å². The summed E-state index contributed by atoms with van der Waals surface area (Å²) in [4.78, 5) is 0. The number of hydrogen-bond acceptors (Lipinski definition) is 2. The number of aryl methyl sites for hydroxylation is 1. The third-order valence-corrected chi connectivity index (χ3v) is 2.67. The number of benzene rings is 1. The lowest BCUT2D eigenvalue weighted by molar-refractivity contribution is 0.613. The third-order valence-electron chi connectivity index (χ3n) is 2.67. The van der Waals surface area contributed by atoms with E-state index in [-0.39, 0.29) is 11.9 Å². The van der Waals surface area contributed by atoms with E-state index in [4.69, 9.17) is 0 Å². The number of aromatic nitrogens is 2. The molecule has 2 aromatic rings. The zero-order valence-electron chi connectivity index (χ0n) is 10.0. The Hall–Kier alpha value is -1.68. The van der Waals surface area contributed by atoms with Gasteiger partial charge in [-0.2, -0.15) is 5.10 Å². The second kappa shape index (κ2) is 5.10. The Kier molecular flexibility index (Phi) is 3.54. The maximum absolute atomic E-state index is 12.9. The van der Waals surface area contributed by atoms with Crippen LogP contribution in [-0.4, -0.2) is 16.3 Å². The first-order chi connectivity index (χ1) is 8.20. The Morgan fingerprint density at radius 2 is 2.00 bits per heavy atom. The van der Waals surface area contributed by atoms with E-state index in [0.717, 1.165) is 17.7 Å². The summed E-state index contributed by atoms with van der Waals surface area (Å²) in [5.41, 5.74) is 2.13. The van der Waals surface area contributed by atoms with Gasteiger partial charge in [0.15, 0.2) is 0 Å². The minimum Gasteiger partial charge on any atom is -0.306 e. The zero-order chi connectivity index (χ0) is 12.3. The molecule has 0 amide bonds. The molecule has 0 spiro atoms. The van der Waals surface area contributed by atoms with Crippen molar-refractivity contribution in [2.75, 3.05) is 6.54 Å². The van der Waals surface area contributed by atoms with E-state index >= 15 is 0 Å². The number of halogens is 1. The third kappa shape index (κ3) is 2.71. The number of rotatable bonds is 4. The maximum Gasteiger partial charge on any atom is 0.123 e. The lowest BCUT2D eigenvalue weighted by Gasteiger charge is -2.16. The van der Waals surface area contributed by atoms with Gasteiger partial charge >= 0.3 is 0 Å². The summed E-state index contributed by atoms with van der Waals surface area (Å²) in [5, 5.41) is 7.54. The highest BCUT2D eigenvalue weighted by atomic mass is 19.1. The van der Waals surface area contributed by atoms with Gasteiger partial charge < -0.3 is 5.32 Å². The molecule has 1 aromatic heterocycles. The Bertz CT molecular complexity index is 476. The van der Waals surface area contributed by atoms with Gasteiger partial charge in [-0.1, -0.05) is 19.1 Å². The molecule has 3 nitrogen and oxygen atoms in total. The van der Waals surface area contributed by atoms with Crippen LogP contribution in [0.5, 0.6) is 0 Å². The summed E-state index contributed by atoms with van der Waals surface area (Å²) in [7, 11) is 1.89. The maximum atomic E-state index is 12.9. The molecule has 1 N–H and O–H groups in total. The van der Waals surface area contributed by atoms with Gasteiger partial charge in [0.2, 0.25) is 0 Å². The zero-order valence-corrected chi connectivity index (χ0v) is 10.0. The van der Waals surface area contributed by atoms with Gasteiger partial charge in [-0.25, -0.2) is 4.39 Å². The normalized spacial score (nSPS) is 12.6. The minimum absolute atomic E-state index is 0.0642. The first-order valence-corrected chi connectivity index (χ1v) is 5.68. The topological polar surface area (TPSA) is 29.9 Å². The highest BCUT2D eigenvalue weighted by molar-refractivity contribution is 5.29. The summed E-state index contributed by atoms with van der Waals surface area (Å²) < 4.78 is 14.7. The quantitative estimate of drug-likeness (QED) is 0.877. The Labute approximate surface area is 100 Å². The fourth-order valence-electron chi connectivity index (χ4n) is 1.88. The van der Waals surface area contributed by atoms with Crippen molar-refractivity contribution in [3.8, 4) is 0 Å². The number of nitrogens with one attached hydrogen (secondary N) is 1. The fourth-order valence-corrected chi connectivity index (χ4v) is 1.88. The summed E-state index contributed by atoms with van der Waals surface area (Å²) in [5.74, 6) is -0.213. The average Bonchev–Trinajstić information content (AvgIpc) is 2.74. The van der Waals surface area contributed by atoms with Gasteiger partial charge in [-0.15, -0.1) is 0 Å². The molecule has 1 heterocycles. The van der Waals surface area contributed by atoms with Gasteiger partial charge in [0.25, 0.3) is 0 Å². The molecule has 0 bridgehead atoms. The molecule has 0 saturated heterocycles. The van der Waals surface area contributed by atoms with Crippen LogP contribution in [0.3, 0.4) is 0 Å². The predicted molar refractivity (Wildman–Crippen MR) is 65.1 cm³/mol. The molecular formula is C13H16FN3. The number of hydrogen-bond donors (Lipinski definition) is 1. The second-order valence-electron chi connectivity index (χ2n) is 3.99. The van der Waals surface area contributed by atoms with Crippen LogP contribution in [0, 0.1) is 5.82 Å². The lowest BCUT2D eigenvalue weighted by Crippen LogP contribution is -2.21. The average molecular weight is 233 g/mol. The molecule has 1 aromatic carbocycles. The summed E-state index contributed by atoms with van der Waals surface area (Å²) >= 11 is 0. The van der Waals surface area contributed by atoms with Crippen molar-refractivity contribution in [3.05, 3.63) is 53.6 Å². The van der Waals surface area contributed by atoms with E-state index in [1.165, 1.54) is 12.1 Å². The van der Waals surface area contributed by atoms with Crippen molar-refractivity contribution in [1.82, 2.24) is 15.1 Å². The Balaban J connectivity index is 2.31. The van der Waals surface area contributed by atoms with Crippen molar-refractivity contribution in [1.29, 1.82) is 0 Å². The molecular weight excluding hydrogens is 217 g/mol. The molecule has 0 saturated carbocycles. The van der Waals surface area contributed by atoms with E-state index < -0.39 is 0 Å². The van der Waals surface area contributed by atoms with Crippen molar-refractivity contribution in [3.63, 3.8) is 0 Å². The van der Waals surface area contributed by atoms with Crippen LogP contribution in [0.15, 0.2) is 36.7 Å². The van der Waals surface area contributed by atoms with Crippen LogP contribution in [0.1, 0.15) is 24.1 Å². The molecule has 0 aliphatic heterocycles. The van der Waals surface area contributed by atoms with Gasteiger partial charge in [0.1, 0.15) is 5.82 Å². The largest absolute Gasteiger partial charge is 0.306 e. The van der Waals surface area contributed by atoms with Crippen LogP contribution in [0.25, 0.3) is 0 Å². The molecule has 0 fully saturated rings. The molecule has 1 unspecified atom stereocenters. The lowest BCUT2D eigenvalue weighted by atomic mass is 10.0. The van der Waals surface area contributed by atoms with Crippen molar-refractivity contribution < 1.29 is 4.39 Å². The summed E-state index contributed by atoms with van der Waals surface area (Å²) in [6.45, 7) is 2.89. The molecule has 0 aliphatic rings. The van der Waals surface area contributed by atoms with Crippen molar-refractivity contribution >= 4 is 0 Å². The summed E-state index contributed by atoms with van der Waals surface area (Å²) in [6, 6.07) is 6.63. The van der Waals surface area contributed by atoms with E-state index in [2.05, 4.69) is 10.4 Å². The smallest absolute Gasteiger partial charge is 0.123 e. The SMILES string of the molecule is CCNC(c1ccc(F)cc1)c1cnn(C)c1. The first kappa shape index (κ1) is 11.8. The molecule has 0 radical (unpaired) electrons. The monoisotopic (exact) mass is 233 g/mol. The van der Waals surface area contributed by atoms with Gasteiger partial charge in [0.05, 0.1) is 12.2 Å². The fraction of sp³-hybridized carbons (Fsp3) is 0.308. The van der Waals surface area contributed by atoms with Crippen molar-refractivity contribution in [2.24, 2.45) is 7.05 Å². The standard InChI is InChI=1S/C13H16FN3/c1-3-15-13(11-8-16-17(2)9-11)10-4-6-12(14)7-5-10/h4-9,13,15H,3H2,1-2H3. The van der Waals surface area contributed by atoms with Gasteiger partial charge in [-0.05, 0) is 24.2 Å². The molecule has 0 aliphatic carbocycles. The molecule has 17 heavy (non-hydrogen) atoms. The molecule has 2 rings (SSSR count). The predicted octanol–water partition coefficient (Wildman–Crippen LogP) is 2.26. The van der Waals surface area contributed by atoms with Gasteiger partial charge in [0, 0.05) is 18.8 Å². The second-order valence-corrected chi connectivity index (χ2v) is 3.99. The number of nitrogens with zero attached hydrogens (tertiary/aromatic N) is 2. The van der Waals surface area contributed by atoms with E-state index in [9.17, 15) is 4.39 Å². The first-order valence-electron chi connectivity index (χ1n) is 5.68. The van der Waals surface area contributed by atoms with Crippen LogP contribution >= 0.6 is 0 Å². The highest BCUT2D eigenvalue weighted by Gasteiger charge is 2.14. The van der Waals surface area contributed by atoms with E-state index in [1.807, 2.05) is 26.4 Å². The van der Waals surface area contributed by atoms with Gasteiger partial charge in [-0.3, -0.25) is 4.68 Å². The van der Waals surface area contributed by atoms with Crippen LogP contribution < -0.4 is 5.32 Å². The van der Waals surface area contributed by atoms with Crippen LogP contribution in [0.2, 0.25) is 0 Å².